The zero-order valence-electron chi connectivity index (χ0n) is 11.8. The molecule has 4 heteroatoms. The number of amides is 1. The number of fused-ring (bicyclic) bond motifs is 1. The minimum Gasteiger partial charge on any atom is -0.481 e. The predicted octanol–water partition coefficient (Wildman–Crippen LogP) is 2.63. The highest BCUT2D eigenvalue weighted by Gasteiger charge is 2.32. The van der Waals surface area contributed by atoms with Gasteiger partial charge in [-0.05, 0) is 31.4 Å². The first-order chi connectivity index (χ1) is 9.54. The number of carboxylic acid groups (broad SMARTS) is 1. The molecule has 1 amide bonds. The summed E-state index contributed by atoms with van der Waals surface area (Å²) < 4.78 is 0. The number of anilines is 1. The number of benzene rings is 1. The van der Waals surface area contributed by atoms with E-state index in [0.29, 0.717) is 12.0 Å². The molecule has 0 aliphatic carbocycles. The van der Waals surface area contributed by atoms with Gasteiger partial charge in [0.05, 0.1) is 5.92 Å². The van der Waals surface area contributed by atoms with E-state index in [-0.39, 0.29) is 12.5 Å². The molecule has 0 saturated carbocycles. The summed E-state index contributed by atoms with van der Waals surface area (Å²) in [4.78, 5) is 25.4. The van der Waals surface area contributed by atoms with Gasteiger partial charge in [-0.15, -0.1) is 0 Å². The summed E-state index contributed by atoms with van der Waals surface area (Å²) in [5.74, 6) is -1.50. The van der Waals surface area contributed by atoms with Crippen molar-refractivity contribution in [3.05, 3.63) is 41.5 Å². The van der Waals surface area contributed by atoms with Crippen LogP contribution in [0.4, 0.5) is 5.69 Å². The highest BCUT2D eigenvalue weighted by molar-refractivity contribution is 6.06. The number of para-hydroxylation sites is 1. The Bertz CT molecular complexity index is 563. The molecule has 0 saturated heterocycles. The fraction of sp³-hybridized carbons (Fsp3) is 0.375. The molecular formula is C16H19NO3. The lowest BCUT2D eigenvalue weighted by Crippen LogP contribution is -2.43. The van der Waals surface area contributed by atoms with Crippen molar-refractivity contribution in [3.8, 4) is 0 Å². The average Bonchev–Trinajstić information content (AvgIpc) is 2.45. The van der Waals surface area contributed by atoms with E-state index < -0.39 is 11.9 Å². The van der Waals surface area contributed by atoms with Crippen LogP contribution < -0.4 is 4.90 Å². The quantitative estimate of drug-likeness (QED) is 0.861. The standard InChI is InChI=1S/C16H19NO3/c1-3-6-11(2)15(18)17-10-13(16(19)20)9-12-7-4-5-8-14(12)17/h4-8,13H,3,9-10H2,1-2H3,(H,19,20)/b11-6-. The fourth-order valence-corrected chi connectivity index (χ4v) is 2.56. The molecule has 106 valence electrons. The van der Waals surface area contributed by atoms with Gasteiger partial charge in [0.15, 0.2) is 0 Å². The maximum Gasteiger partial charge on any atom is 0.308 e. The smallest absolute Gasteiger partial charge is 0.308 e. The van der Waals surface area contributed by atoms with Gasteiger partial charge >= 0.3 is 5.97 Å². The SMILES string of the molecule is CC/C=C(/C)C(=O)N1CC(C(=O)O)Cc2ccccc21. The monoisotopic (exact) mass is 273 g/mol. The molecule has 20 heavy (non-hydrogen) atoms. The molecule has 1 aliphatic rings. The summed E-state index contributed by atoms with van der Waals surface area (Å²) in [6, 6.07) is 7.52. The van der Waals surface area contributed by atoms with E-state index in [0.717, 1.165) is 17.7 Å². The highest BCUT2D eigenvalue weighted by Crippen LogP contribution is 2.30. The lowest BCUT2D eigenvalue weighted by atomic mass is 9.92. The Kier molecular flexibility index (Phi) is 4.23. The van der Waals surface area contributed by atoms with Crippen molar-refractivity contribution in [1.29, 1.82) is 0 Å². The van der Waals surface area contributed by atoms with Crippen molar-refractivity contribution < 1.29 is 14.7 Å². The third kappa shape index (κ3) is 2.74. The van der Waals surface area contributed by atoms with E-state index in [9.17, 15) is 14.7 Å². The second kappa shape index (κ2) is 5.90. The number of carbonyl (C=O) groups is 2. The van der Waals surface area contributed by atoms with Gasteiger partial charge < -0.3 is 10.0 Å². The van der Waals surface area contributed by atoms with Crippen LogP contribution in [0.5, 0.6) is 0 Å². The number of aliphatic carboxylic acids is 1. The van der Waals surface area contributed by atoms with Gasteiger partial charge in [0.25, 0.3) is 5.91 Å². The molecule has 2 rings (SSSR count). The van der Waals surface area contributed by atoms with Crippen LogP contribution in [0.3, 0.4) is 0 Å². The number of carbonyl (C=O) groups excluding carboxylic acids is 1. The van der Waals surface area contributed by atoms with Crippen molar-refractivity contribution in [3.63, 3.8) is 0 Å². The number of nitrogens with zero attached hydrogens (tertiary/aromatic N) is 1. The Balaban J connectivity index is 2.38. The summed E-state index contributed by atoms with van der Waals surface area (Å²) in [6.07, 6.45) is 3.14. The summed E-state index contributed by atoms with van der Waals surface area (Å²) in [5.41, 5.74) is 2.41. The van der Waals surface area contributed by atoms with Gasteiger partial charge in [0.1, 0.15) is 0 Å². The molecular weight excluding hydrogens is 254 g/mol. The molecule has 1 unspecified atom stereocenters. The second-order valence-corrected chi connectivity index (χ2v) is 5.08. The highest BCUT2D eigenvalue weighted by atomic mass is 16.4. The molecule has 1 heterocycles. The molecule has 0 radical (unpaired) electrons. The summed E-state index contributed by atoms with van der Waals surface area (Å²) >= 11 is 0. The van der Waals surface area contributed by atoms with Crippen LogP contribution in [-0.2, 0) is 16.0 Å². The van der Waals surface area contributed by atoms with E-state index in [1.807, 2.05) is 37.3 Å². The van der Waals surface area contributed by atoms with Gasteiger partial charge in [-0.1, -0.05) is 31.2 Å². The van der Waals surface area contributed by atoms with Crippen LogP contribution in [0.2, 0.25) is 0 Å². The molecule has 1 atom stereocenters. The van der Waals surface area contributed by atoms with Crippen LogP contribution in [0.1, 0.15) is 25.8 Å². The third-order valence-corrected chi connectivity index (χ3v) is 3.59. The fourth-order valence-electron chi connectivity index (χ4n) is 2.56. The van der Waals surface area contributed by atoms with E-state index in [2.05, 4.69) is 0 Å². The third-order valence-electron chi connectivity index (χ3n) is 3.59. The lowest BCUT2D eigenvalue weighted by Gasteiger charge is -2.33. The first-order valence-corrected chi connectivity index (χ1v) is 6.84. The molecule has 0 spiro atoms. The van der Waals surface area contributed by atoms with Crippen molar-refractivity contribution >= 4 is 17.6 Å². The number of allylic oxidation sites excluding steroid dienone is 1. The van der Waals surface area contributed by atoms with Crippen molar-refractivity contribution in [1.82, 2.24) is 0 Å². The van der Waals surface area contributed by atoms with Crippen LogP contribution >= 0.6 is 0 Å². The lowest BCUT2D eigenvalue weighted by molar-refractivity contribution is -0.141. The minimum absolute atomic E-state index is 0.106. The second-order valence-electron chi connectivity index (χ2n) is 5.08. The normalized spacial score (nSPS) is 18.6. The molecule has 1 aromatic rings. The van der Waals surface area contributed by atoms with Crippen LogP contribution in [0.15, 0.2) is 35.9 Å². The molecule has 0 fully saturated rings. The van der Waals surface area contributed by atoms with Crippen molar-refractivity contribution in [2.75, 3.05) is 11.4 Å². The first-order valence-electron chi connectivity index (χ1n) is 6.84. The zero-order valence-corrected chi connectivity index (χ0v) is 11.8. The van der Waals surface area contributed by atoms with Gasteiger partial charge in [0, 0.05) is 17.8 Å². The molecule has 4 nitrogen and oxygen atoms in total. The zero-order chi connectivity index (χ0) is 14.7. The number of carboxylic acids is 1. The number of rotatable bonds is 3. The summed E-state index contributed by atoms with van der Waals surface area (Å²) in [5, 5.41) is 9.25. The van der Waals surface area contributed by atoms with E-state index in [4.69, 9.17) is 0 Å². The molecule has 1 N–H and O–H groups in total. The van der Waals surface area contributed by atoms with Gasteiger partial charge in [0.2, 0.25) is 0 Å². The molecule has 0 bridgehead atoms. The summed E-state index contributed by atoms with van der Waals surface area (Å²) in [7, 11) is 0. The van der Waals surface area contributed by atoms with Crippen molar-refractivity contribution in [2.24, 2.45) is 5.92 Å². The van der Waals surface area contributed by atoms with Crippen LogP contribution in [0.25, 0.3) is 0 Å². The maximum absolute atomic E-state index is 12.5. The Morgan fingerprint density at radius 3 is 2.75 bits per heavy atom. The Labute approximate surface area is 118 Å². The topological polar surface area (TPSA) is 57.6 Å². The maximum atomic E-state index is 12.5. The molecule has 1 aliphatic heterocycles. The van der Waals surface area contributed by atoms with Crippen molar-refractivity contribution in [2.45, 2.75) is 26.7 Å². The largest absolute Gasteiger partial charge is 0.481 e. The summed E-state index contributed by atoms with van der Waals surface area (Å²) in [6.45, 7) is 3.99. The Morgan fingerprint density at radius 2 is 2.10 bits per heavy atom. The minimum atomic E-state index is -0.852. The first kappa shape index (κ1) is 14.3. The number of hydrogen-bond donors (Lipinski definition) is 1. The predicted molar refractivity (Wildman–Crippen MR) is 77.7 cm³/mol. The van der Waals surface area contributed by atoms with Gasteiger partial charge in [-0.2, -0.15) is 0 Å². The van der Waals surface area contributed by atoms with Gasteiger partial charge in [-0.3, -0.25) is 9.59 Å². The molecule has 1 aromatic carbocycles. The van der Waals surface area contributed by atoms with E-state index in [1.54, 1.807) is 11.8 Å². The van der Waals surface area contributed by atoms with E-state index >= 15 is 0 Å². The van der Waals surface area contributed by atoms with Crippen LogP contribution in [-0.4, -0.2) is 23.5 Å². The number of hydrogen-bond acceptors (Lipinski definition) is 2. The molecule has 0 aromatic heterocycles. The Hall–Kier alpha value is -2.10. The van der Waals surface area contributed by atoms with Gasteiger partial charge in [-0.25, -0.2) is 0 Å². The average molecular weight is 273 g/mol. The van der Waals surface area contributed by atoms with Crippen LogP contribution in [0, 0.1) is 5.92 Å². The Morgan fingerprint density at radius 1 is 1.40 bits per heavy atom. The van der Waals surface area contributed by atoms with E-state index in [1.165, 1.54) is 0 Å².